The summed E-state index contributed by atoms with van der Waals surface area (Å²) in [6.45, 7) is 0.716. The molecule has 0 unspecified atom stereocenters. The summed E-state index contributed by atoms with van der Waals surface area (Å²) >= 11 is 0. The molecule has 5 heteroatoms. The molecule has 3 N–H and O–H groups in total. The van der Waals surface area contributed by atoms with E-state index in [-0.39, 0.29) is 5.56 Å². The maximum absolute atomic E-state index is 12.1. The number of carboxylic acid groups (broad SMARTS) is 1. The molecule has 0 saturated heterocycles. The number of carboxylic acids is 1. The first-order valence-corrected chi connectivity index (χ1v) is 5.77. The molecule has 92 valence electrons. The van der Waals surface area contributed by atoms with Crippen molar-refractivity contribution in [2.45, 2.75) is 19.4 Å². The van der Waals surface area contributed by atoms with Crippen molar-refractivity contribution in [1.29, 1.82) is 0 Å². The molecule has 1 aliphatic rings. The second kappa shape index (κ2) is 3.60. The van der Waals surface area contributed by atoms with Crippen LogP contribution in [-0.2, 0) is 13.0 Å². The zero-order valence-corrected chi connectivity index (χ0v) is 9.64. The lowest BCUT2D eigenvalue weighted by atomic mass is 9.98. The number of benzene rings is 1. The van der Waals surface area contributed by atoms with Crippen LogP contribution in [0.5, 0.6) is 0 Å². The number of aryl methyl sites for hydroxylation is 2. The van der Waals surface area contributed by atoms with E-state index in [9.17, 15) is 9.59 Å². The van der Waals surface area contributed by atoms with Gasteiger partial charge in [-0.3, -0.25) is 4.79 Å². The summed E-state index contributed by atoms with van der Waals surface area (Å²) in [5, 5.41) is 9.49. The predicted molar refractivity (Wildman–Crippen MR) is 67.9 cm³/mol. The molecule has 1 aromatic heterocycles. The van der Waals surface area contributed by atoms with Gasteiger partial charge in [0.15, 0.2) is 0 Å². The van der Waals surface area contributed by atoms with Crippen LogP contribution in [0.4, 0.5) is 5.69 Å². The molecule has 0 aliphatic carbocycles. The molecule has 3 rings (SSSR count). The summed E-state index contributed by atoms with van der Waals surface area (Å²) in [6.07, 6.45) is 3.16. The van der Waals surface area contributed by atoms with Crippen molar-refractivity contribution >= 4 is 22.6 Å². The van der Waals surface area contributed by atoms with Crippen LogP contribution in [0.1, 0.15) is 22.3 Å². The van der Waals surface area contributed by atoms with Gasteiger partial charge in [-0.25, -0.2) is 4.79 Å². The van der Waals surface area contributed by atoms with Gasteiger partial charge in [0, 0.05) is 23.8 Å². The topological polar surface area (TPSA) is 85.3 Å². The van der Waals surface area contributed by atoms with Crippen LogP contribution in [0, 0.1) is 0 Å². The predicted octanol–water partition coefficient (Wildman–Crippen LogP) is 1.23. The third-order valence-electron chi connectivity index (χ3n) is 3.44. The van der Waals surface area contributed by atoms with Gasteiger partial charge >= 0.3 is 5.97 Å². The van der Waals surface area contributed by atoms with Crippen molar-refractivity contribution in [2.24, 2.45) is 0 Å². The molecule has 5 nitrogen and oxygen atoms in total. The van der Waals surface area contributed by atoms with Crippen LogP contribution in [0.3, 0.4) is 0 Å². The number of rotatable bonds is 1. The molecular weight excluding hydrogens is 232 g/mol. The normalized spacial score (nSPS) is 13.8. The van der Waals surface area contributed by atoms with Crippen LogP contribution in [0.25, 0.3) is 10.9 Å². The molecule has 0 amide bonds. The smallest absolute Gasteiger partial charge is 0.341 e. The number of aromatic nitrogens is 1. The Morgan fingerprint density at radius 1 is 1.39 bits per heavy atom. The summed E-state index contributed by atoms with van der Waals surface area (Å²) < 4.78 is 1.83. The van der Waals surface area contributed by atoms with E-state index in [4.69, 9.17) is 10.8 Å². The van der Waals surface area contributed by atoms with E-state index < -0.39 is 11.4 Å². The number of hydrogen-bond donors (Lipinski definition) is 2. The van der Waals surface area contributed by atoms with Gasteiger partial charge < -0.3 is 15.4 Å². The van der Waals surface area contributed by atoms with Gasteiger partial charge in [0.25, 0.3) is 0 Å². The highest BCUT2D eigenvalue weighted by Crippen LogP contribution is 2.28. The summed E-state index contributed by atoms with van der Waals surface area (Å²) in [5.41, 5.74) is 7.71. The van der Waals surface area contributed by atoms with Crippen molar-refractivity contribution in [3.05, 3.63) is 39.7 Å². The van der Waals surface area contributed by atoms with E-state index in [0.717, 1.165) is 23.9 Å². The highest BCUT2D eigenvalue weighted by molar-refractivity contribution is 5.95. The zero-order valence-electron chi connectivity index (χ0n) is 9.64. The van der Waals surface area contributed by atoms with Crippen LogP contribution >= 0.6 is 0 Å². The number of nitrogens with two attached hydrogens (primary N) is 1. The average Bonchev–Trinajstić information content (AvgIpc) is 2.35. The van der Waals surface area contributed by atoms with E-state index in [0.29, 0.717) is 17.6 Å². The number of anilines is 1. The van der Waals surface area contributed by atoms with Gasteiger partial charge in [0.1, 0.15) is 5.56 Å². The molecule has 0 spiro atoms. The number of aromatic carboxylic acids is 1. The van der Waals surface area contributed by atoms with Crippen molar-refractivity contribution in [3.63, 3.8) is 0 Å². The summed E-state index contributed by atoms with van der Waals surface area (Å²) in [4.78, 5) is 23.2. The highest BCUT2D eigenvalue weighted by Gasteiger charge is 2.20. The third-order valence-corrected chi connectivity index (χ3v) is 3.44. The van der Waals surface area contributed by atoms with Crippen LogP contribution in [0.2, 0.25) is 0 Å². The second-order valence-corrected chi connectivity index (χ2v) is 4.50. The maximum atomic E-state index is 12.1. The first kappa shape index (κ1) is 10.8. The molecule has 2 heterocycles. The molecule has 18 heavy (non-hydrogen) atoms. The lowest BCUT2D eigenvalue weighted by Gasteiger charge is -2.21. The van der Waals surface area contributed by atoms with E-state index >= 15 is 0 Å². The Morgan fingerprint density at radius 3 is 2.89 bits per heavy atom. The van der Waals surface area contributed by atoms with Crippen molar-refractivity contribution in [2.75, 3.05) is 5.73 Å². The minimum atomic E-state index is -1.19. The minimum Gasteiger partial charge on any atom is -0.477 e. The van der Waals surface area contributed by atoms with Crippen LogP contribution < -0.4 is 11.2 Å². The van der Waals surface area contributed by atoms with E-state index in [1.165, 1.54) is 6.20 Å². The van der Waals surface area contributed by atoms with Gasteiger partial charge in [-0.05, 0) is 30.5 Å². The van der Waals surface area contributed by atoms with Crippen LogP contribution in [-0.4, -0.2) is 15.6 Å². The zero-order chi connectivity index (χ0) is 12.9. The van der Waals surface area contributed by atoms with E-state index in [1.807, 2.05) is 4.57 Å². The van der Waals surface area contributed by atoms with Gasteiger partial charge in [-0.15, -0.1) is 0 Å². The van der Waals surface area contributed by atoms with Crippen LogP contribution in [0.15, 0.2) is 23.1 Å². The monoisotopic (exact) mass is 244 g/mol. The minimum absolute atomic E-state index is 0.180. The summed E-state index contributed by atoms with van der Waals surface area (Å²) in [6, 6.07) is 3.30. The molecule has 1 aliphatic heterocycles. The number of hydrogen-bond acceptors (Lipinski definition) is 3. The summed E-state index contributed by atoms with van der Waals surface area (Å²) in [7, 11) is 0. The second-order valence-electron chi connectivity index (χ2n) is 4.50. The Hall–Kier alpha value is -2.30. The lowest BCUT2D eigenvalue weighted by molar-refractivity contribution is 0.0695. The van der Waals surface area contributed by atoms with Crippen molar-refractivity contribution < 1.29 is 9.90 Å². The third kappa shape index (κ3) is 1.33. The van der Waals surface area contributed by atoms with E-state index in [1.54, 1.807) is 12.1 Å². The molecule has 0 saturated carbocycles. The Bertz CT molecular complexity index is 731. The van der Waals surface area contributed by atoms with Gasteiger partial charge in [0.2, 0.25) is 5.43 Å². The Morgan fingerprint density at radius 2 is 2.17 bits per heavy atom. The number of nitrogens with zero attached hydrogens (tertiary/aromatic N) is 1. The van der Waals surface area contributed by atoms with Gasteiger partial charge in [0.05, 0.1) is 5.52 Å². The lowest BCUT2D eigenvalue weighted by Crippen LogP contribution is -2.22. The number of pyridine rings is 1. The molecular formula is C13H12N2O3. The maximum Gasteiger partial charge on any atom is 0.341 e. The summed E-state index contributed by atoms with van der Waals surface area (Å²) in [5.74, 6) is -1.19. The fourth-order valence-electron chi connectivity index (χ4n) is 2.60. The first-order chi connectivity index (χ1) is 8.59. The first-order valence-electron chi connectivity index (χ1n) is 5.77. The Balaban J connectivity index is 2.52. The van der Waals surface area contributed by atoms with Gasteiger partial charge in [-0.1, -0.05) is 0 Å². The fourth-order valence-corrected chi connectivity index (χ4v) is 2.60. The Kier molecular flexibility index (Phi) is 2.16. The van der Waals surface area contributed by atoms with E-state index in [2.05, 4.69) is 0 Å². The molecule has 0 radical (unpaired) electrons. The standard InChI is InChI=1S/C13H12N2O3/c14-10-4-3-8-11-7(10)2-1-5-15(11)6-9(12(8)16)13(17)18/h3-4,6H,1-2,5,14H2,(H,17,18). The highest BCUT2D eigenvalue weighted by atomic mass is 16.4. The SMILES string of the molecule is Nc1ccc2c(=O)c(C(=O)O)cn3c2c1CCC3. The molecule has 1 aromatic carbocycles. The molecule has 0 atom stereocenters. The quantitative estimate of drug-likeness (QED) is 0.739. The fraction of sp³-hybridized carbons (Fsp3) is 0.231. The molecule has 0 fully saturated rings. The molecule has 2 aromatic rings. The number of carbonyl (C=O) groups is 1. The van der Waals surface area contributed by atoms with Crippen molar-refractivity contribution in [3.8, 4) is 0 Å². The average molecular weight is 244 g/mol. The largest absolute Gasteiger partial charge is 0.477 e. The van der Waals surface area contributed by atoms with Gasteiger partial charge in [-0.2, -0.15) is 0 Å². The number of nitrogen functional groups attached to an aromatic ring is 1. The molecule has 0 bridgehead atoms. The Labute approximate surface area is 102 Å². The van der Waals surface area contributed by atoms with Crippen molar-refractivity contribution in [1.82, 2.24) is 4.57 Å².